The van der Waals surface area contributed by atoms with Gasteiger partial charge in [-0.2, -0.15) is 0 Å². The summed E-state index contributed by atoms with van der Waals surface area (Å²) in [5.41, 5.74) is 1.07. The lowest BCUT2D eigenvalue weighted by Crippen LogP contribution is -2.48. The van der Waals surface area contributed by atoms with Gasteiger partial charge >= 0.3 is 0 Å². The number of nitrogens with one attached hydrogen (secondary N) is 1. The van der Waals surface area contributed by atoms with E-state index in [2.05, 4.69) is 36.2 Å². The van der Waals surface area contributed by atoms with Gasteiger partial charge in [0.25, 0.3) is 5.91 Å². The lowest BCUT2D eigenvalue weighted by Gasteiger charge is -2.35. The first-order valence-electron chi connectivity index (χ1n) is 10.9. The standard InChI is InChI=1S/C23H24BrFN6OS/c1-30(2)23-29-19(20(33-23)14-4-3-5-16(25)8-14)21(32)31-17-7-6-13(9-17)18(31)12-28-22-26-10-15(24)11-27-22/h3-5,8,10-11,13,17-18H,6-7,9,12H2,1-2H3,(H,26,27,28)/t13-,17+,18+/m0/s1. The molecule has 172 valence electrons. The topological polar surface area (TPSA) is 74.2 Å². The molecule has 3 heterocycles. The Labute approximate surface area is 204 Å². The van der Waals surface area contributed by atoms with E-state index in [9.17, 15) is 9.18 Å². The van der Waals surface area contributed by atoms with E-state index >= 15 is 0 Å². The maximum atomic E-state index is 14.0. The Bertz CT molecular complexity index is 1170. The van der Waals surface area contributed by atoms with Crippen LogP contribution in [0.3, 0.4) is 0 Å². The van der Waals surface area contributed by atoms with Crippen molar-refractivity contribution in [3.8, 4) is 10.4 Å². The Balaban J connectivity index is 1.45. The first-order chi connectivity index (χ1) is 15.9. The van der Waals surface area contributed by atoms with E-state index in [1.807, 2.05) is 30.0 Å². The van der Waals surface area contributed by atoms with Gasteiger partial charge in [-0.25, -0.2) is 19.3 Å². The molecule has 0 spiro atoms. The average Bonchev–Trinajstić information content (AvgIpc) is 3.53. The number of hydrogen-bond acceptors (Lipinski definition) is 7. The van der Waals surface area contributed by atoms with Crippen molar-refractivity contribution >= 4 is 44.3 Å². The van der Waals surface area contributed by atoms with Gasteiger partial charge in [0.15, 0.2) is 5.13 Å². The SMILES string of the molecule is CN(C)c1nc(C(=O)N2[C@@H]3CC[C@@H](C3)[C@H]2CNc2ncc(Br)cn2)c(-c2cccc(F)c2)s1. The van der Waals surface area contributed by atoms with Crippen molar-refractivity contribution < 1.29 is 9.18 Å². The number of carbonyl (C=O) groups is 1. The molecule has 3 atom stereocenters. The van der Waals surface area contributed by atoms with Gasteiger partial charge in [-0.3, -0.25) is 4.79 Å². The highest BCUT2D eigenvalue weighted by Gasteiger charge is 2.48. The third-order valence-corrected chi connectivity index (χ3v) is 8.03. The molecule has 1 N–H and O–H groups in total. The van der Waals surface area contributed by atoms with Crippen LogP contribution in [0, 0.1) is 11.7 Å². The Hall–Kier alpha value is -2.59. The second kappa shape index (κ2) is 8.98. The largest absolute Gasteiger partial charge is 0.354 e. The van der Waals surface area contributed by atoms with Crippen molar-refractivity contribution in [3.63, 3.8) is 0 Å². The van der Waals surface area contributed by atoms with Crippen LogP contribution in [0.25, 0.3) is 10.4 Å². The number of rotatable bonds is 6. The number of piperidine rings is 1. The van der Waals surface area contributed by atoms with Crippen LogP contribution < -0.4 is 10.2 Å². The van der Waals surface area contributed by atoms with Crippen molar-refractivity contribution in [2.45, 2.75) is 31.3 Å². The van der Waals surface area contributed by atoms with E-state index in [0.717, 1.165) is 28.9 Å². The Morgan fingerprint density at radius 2 is 2.09 bits per heavy atom. The molecule has 7 nitrogen and oxygen atoms in total. The van der Waals surface area contributed by atoms with Gasteiger partial charge in [0, 0.05) is 39.1 Å². The molecule has 1 aromatic carbocycles. The fraction of sp³-hybridized carbons (Fsp3) is 0.391. The molecule has 0 unspecified atom stereocenters. The van der Waals surface area contributed by atoms with E-state index in [1.165, 1.54) is 23.5 Å². The zero-order valence-electron chi connectivity index (χ0n) is 18.3. The molecule has 2 bridgehead atoms. The van der Waals surface area contributed by atoms with Gasteiger partial charge in [0.1, 0.15) is 11.5 Å². The van der Waals surface area contributed by atoms with Crippen molar-refractivity contribution in [1.29, 1.82) is 0 Å². The van der Waals surface area contributed by atoms with Crippen LogP contribution in [0.15, 0.2) is 41.1 Å². The molecule has 1 saturated carbocycles. The highest BCUT2D eigenvalue weighted by Crippen LogP contribution is 2.44. The minimum Gasteiger partial charge on any atom is -0.354 e. The Kier molecular flexibility index (Phi) is 6.05. The summed E-state index contributed by atoms with van der Waals surface area (Å²) in [7, 11) is 3.79. The number of carbonyl (C=O) groups excluding carboxylic acids is 1. The molecule has 2 aromatic heterocycles. The summed E-state index contributed by atoms with van der Waals surface area (Å²) < 4.78 is 14.8. The number of anilines is 2. The highest BCUT2D eigenvalue weighted by molar-refractivity contribution is 9.10. The van der Waals surface area contributed by atoms with Crippen molar-refractivity contribution in [3.05, 3.63) is 52.6 Å². The maximum absolute atomic E-state index is 14.0. The third kappa shape index (κ3) is 4.33. The minimum absolute atomic E-state index is 0.0355. The predicted molar refractivity (Wildman–Crippen MR) is 131 cm³/mol. The van der Waals surface area contributed by atoms with Gasteiger partial charge in [-0.05, 0) is 58.8 Å². The van der Waals surface area contributed by atoms with Crippen LogP contribution in [-0.2, 0) is 0 Å². The van der Waals surface area contributed by atoms with E-state index < -0.39 is 0 Å². The monoisotopic (exact) mass is 530 g/mol. The summed E-state index contributed by atoms with van der Waals surface area (Å²) in [6.07, 6.45) is 6.50. The van der Waals surface area contributed by atoms with Gasteiger partial charge < -0.3 is 15.1 Å². The van der Waals surface area contributed by atoms with E-state index in [1.54, 1.807) is 18.5 Å². The van der Waals surface area contributed by atoms with E-state index in [0.29, 0.717) is 34.5 Å². The summed E-state index contributed by atoms with van der Waals surface area (Å²) in [4.78, 5) is 31.8. The maximum Gasteiger partial charge on any atom is 0.274 e. The molecule has 1 aliphatic carbocycles. The first-order valence-corrected chi connectivity index (χ1v) is 12.5. The smallest absolute Gasteiger partial charge is 0.274 e. The summed E-state index contributed by atoms with van der Waals surface area (Å²) in [5, 5.41) is 4.02. The first kappa shape index (κ1) is 22.2. The van der Waals surface area contributed by atoms with Crippen LogP contribution in [0.4, 0.5) is 15.5 Å². The number of thiazole rings is 1. The molecule has 1 saturated heterocycles. The number of benzene rings is 1. The molecule has 0 radical (unpaired) electrons. The van der Waals surface area contributed by atoms with Gasteiger partial charge in [0.2, 0.25) is 5.95 Å². The fourth-order valence-corrected chi connectivity index (χ4v) is 6.05. The predicted octanol–water partition coefficient (Wildman–Crippen LogP) is 4.67. The van der Waals surface area contributed by atoms with Crippen LogP contribution in [-0.4, -0.2) is 58.5 Å². The molecule has 2 aliphatic rings. The average molecular weight is 531 g/mol. The summed E-state index contributed by atoms with van der Waals surface area (Å²) in [6.45, 7) is 0.578. The number of aromatic nitrogens is 3. The summed E-state index contributed by atoms with van der Waals surface area (Å²) in [6, 6.07) is 6.59. The highest BCUT2D eigenvalue weighted by atomic mass is 79.9. The molecule has 33 heavy (non-hydrogen) atoms. The fourth-order valence-electron chi connectivity index (χ4n) is 4.87. The number of likely N-dealkylation sites (tertiary alicyclic amines) is 1. The zero-order valence-corrected chi connectivity index (χ0v) is 20.7. The van der Waals surface area contributed by atoms with Crippen molar-refractivity contribution in [2.24, 2.45) is 5.92 Å². The van der Waals surface area contributed by atoms with Gasteiger partial charge in [-0.1, -0.05) is 23.5 Å². The van der Waals surface area contributed by atoms with Crippen molar-refractivity contribution in [1.82, 2.24) is 19.9 Å². The van der Waals surface area contributed by atoms with E-state index in [-0.39, 0.29) is 23.8 Å². The molecular weight excluding hydrogens is 507 g/mol. The molecule has 1 amide bonds. The molecule has 1 aliphatic heterocycles. The lowest BCUT2D eigenvalue weighted by atomic mass is 9.98. The summed E-state index contributed by atoms with van der Waals surface area (Å²) in [5.74, 6) is 0.556. The second-order valence-corrected chi connectivity index (χ2v) is 10.6. The molecule has 2 fully saturated rings. The van der Waals surface area contributed by atoms with Crippen LogP contribution in [0.2, 0.25) is 0 Å². The zero-order chi connectivity index (χ0) is 23.1. The third-order valence-electron chi connectivity index (χ3n) is 6.35. The van der Waals surface area contributed by atoms with Crippen LogP contribution in [0.1, 0.15) is 29.8 Å². The molecule has 3 aromatic rings. The second-order valence-electron chi connectivity index (χ2n) is 8.69. The minimum atomic E-state index is -0.331. The van der Waals surface area contributed by atoms with Crippen molar-refractivity contribution in [2.75, 3.05) is 30.9 Å². The molecule has 5 rings (SSSR count). The lowest BCUT2D eigenvalue weighted by molar-refractivity contribution is 0.0602. The summed E-state index contributed by atoms with van der Waals surface area (Å²) >= 11 is 4.76. The number of nitrogens with zero attached hydrogens (tertiary/aromatic N) is 5. The molecule has 10 heteroatoms. The number of halogens is 2. The normalized spacial score (nSPS) is 21.5. The van der Waals surface area contributed by atoms with Crippen LogP contribution in [0.5, 0.6) is 0 Å². The van der Waals surface area contributed by atoms with Gasteiger partial charge in [0.05, 0.1) is 15.4 Å². The number of fused-ring (bicyclic) bond motifs is 2. The van der Waals surface area contributed by atoms with Crippen LogP contribution >= 0.6 is 27.3 Å². The Morgan fingerprint density at radius 1 is 1.30 bits per heavy atom. The Morgan fingerprint density at radius 3 is 2.82 bits per heavy atom. The quantitative estimate of drug-likeness (QED) is 0.499. The van der Waals surface area contributed by atoms with E-state index in [4.69, 9.17) is 0 Å². The number of hydrogen-bond donors (Lipinski definition) is 1. The number of amides is 1. The molecular formula is C23H24BrFN6OS. The van der Waals surface area contributed by atoms with Gasteiger partial charge in [-0.15, -0.1) is 0 Å².